The van der Waals surface area contributed by atoms with Crippen molar-refractivity contribution in [1.29, 1.82) is 0 Å². The second-order valence-electron chi connectivity index (χ2n) is 4.96. The Morgan fingerprint density at radius 2 is 1.90 bits per heavy atom. The van der Waals surface area contributed by atoms with Crippen LogP contribution in [0.5, 0.6) is 0 Å². The third-order valence-corrected chi connectivity index (χ3v) is 5.28. The number of hydrogen-bond acceptors (Lipinski definition) is 5. The summed E-state index contributed by atoms with van der Waals surface area (Å²) >= 11 is 3.11. The first-order chi connectivity index (χ1) is 9.99. The normalized spacial score (nSPS) is 10.9. The number of hydrogen-bond donors (Lipinski definition) is 1. The van der Waals surface area contributed by atoms with Crippen LogP contribution in [-0.2, 0) is 4.74 Å². The first-order valence-electron chi connectivity index (χ1n) is 6.64. The quantitative estimate of drug-likeness (QED) is 0.659. The molecule has 0 aliphatic carbocycles. The van der Waals surface area contributed by atoms with Gasteiger partial charge in [-0.1, -0.05) is 26.0 Å². The van der Waals surface area contributed by atoms with Gasteiger partial charge >= 0.3 is 5.97 Å². The van der Waals surface area contributed by atoms with Gasteiger partial charge in [-0.3, -0.25) is 0 Å². The number of nitrogen functional groups attached to an aromatic ring is 1. The van der Waals surface area contributed by atoms with Crippen LogP contribution in [0.4, 0.5) is 5.69 Å². The van der Waals surface area contributed by atoms with E-state index in [1.165, 1.54) is 23.3 Å². The second-order valence-corrected chi connectivity index (χ2v) is 6.86. The van der Waals surface area contributed by atoms with Crippen LogP contribution in [0.1, 0.15) is 35.0 Å². The van der Waals surface area contributed by atoms with Gasteiger partial charge < -0.3 is 10.5 Å². The van der Waals surface area contributed by atoms with Crippen LogP contribution >= 0.6 is 23.1 Å². The molecule has 0 saturated heterocycles. The zero-order chi connectivity index (χ0) is 15.6. The summed E-state index contributed by atoms with van der Waals surface area (Å²) in [6, 6.07) is 8.31. The molecule has 21 heavy (non-hydrogen) atoms. The Morgan fingerprint density at radius 3 is 2.38 bits per heavy atom. The van der Waals surface area contributed by atoms with E-state index in [1.54, 1.807) is 11.8 Å². The van der Waals surface area contributed by atoms with Crippen molar-refractivity contribution < 1.29 is 9.53 Å². The highest BCUT2D eigenvalue weighted by Crippen LogP contribution is 2.43. The first-order valence-corrected chi connectivity index (χ1v) is 8.68. The summed E-state index contributed by atoms with van der Waals surface area (Å²) in [4.78, 5) is 14.6. The van der Waals surface area contributed by atoms with Crippen molar-refractivity contribution in [2.24, 2.45) is 0 Å². The molecular weight excluding hydrogens is 302 g/mol. The van der Waals surface area contributed by atoms with Crippen LogP contribution in [0.2, 0.25) is 0 Å². The van der Waals surface area contributed by atoms with Gasteiger partial charge in [-0.25, -0.2) is 4.79 Å². The highest BCUT2D eigenvalue weighted by molar-refractivity contribution is 7.98. The summed E-state index contributed by atoms with van der Waals surface area (Å²) in [5.74, 6) is -0.124. The average Bonchev–Trinajstić information content (AvgIpc) is 2.84. The molecule has 2 N–H and O–H groups in total. The molecule has 0 aliphatic heterocycles. The third kappa shape index (κ3) is 3.09. The van der Waals surface area contributed by atoms with Gasteiger partial charge in [0.05, 0.1) is 12.8 Å². The molecule has 0 aliphatic rings. The molecule has 0 spiro atoms. The van der Waals surface area contributed by atoms with Gasteiger partial charge in [0.15, 0.2) is 0 Å². The molecule has 0 amide bonds. The van der Waals surface area contributed by atoms with Crippen LogP contribution in [-0.4, -0.2) is 19.3 Å². The third-order valence-electron chi connectivity index (χ3n) is 3.28. The largest absolute Gasteiger partial charge is 0.465 e. The maximum absolute atomic E-state index is 11.9. The van der Waals surface area contributed by atoms with Gasteiger partial charge in [0.25, 0.3) is 0 Å². The Morgan fingerprint density at radius 1 is 1.29 bits per heavy atom. The van der Waals surface area contributed by atoms with Crippen LogP contribution in [0.25, 0.3) is 10.4 Å². The molecule has 2 rings (SSSR count). The number of carbonyl (C=O) groups is 1. The summed E-state index contributed by atoms with van der Waals surface area (Å²) in [6.07, 6.45) is 2.05. The molecule has 112 valence electrons. The SMILES string of the molecule is COC(=O)c1sc(-c2ccc(SC)cc2)c(C(C)C)c1N. The number of thiophene rings is 1. The maximum Gasteiger partial charge on any atom is 0.350 e. The van der Waals surface area contributed by atoms with E-state index in [1.807, 2.05) is 6.26 Å². The number of carbonyl (C=O) groups excluding carboxylic acids is 1. The van der Waals surface area contributed by atoms with E-state index in [0.29, 0.717) is 10.6 Å². The average molecular weight is 321 g/mol. The number of thioether (sulfide) groups is 1. The zero-order valence-corrected chi connectivity index (χ0v) is 14.2. The van der Waals surface area contributed by atoms with Gasteiger partial charge in [-0.15, -0.1) is 23.1 Å². The first kappa shape index (κ1) is 15.9. The lowest BCUT2D eigenvalue weighted by atomic mass is 9.98. The molecule has 0 radical (unpaired) electrons. The standard InChI is InChI=1S/C16H19NO2S2/c1-9(2)12-13(17)15(16(18)19-3)21-14(12)10-5-7-11(20-4)8-6-10/h5-9H,17H2,1-4H3. The zero-order valence-electron chi connectivity index (χ0n) is 12.6. The molecular formula is C16H19NO2S2. The monoisotopic (exact) mass is 321 g/mol. The van der Waals surface area contributed by atoms with E-state index in [0.717, 1.165) is 16.0 Å². The predicted octanol–water partition coefficient (Wildman–Crippen LogP) is 4.63. The maximum atomic E-state index is 11.9. The lowest BCUT2D eigenvalue weighted by Gasteiger charge is -2.09. The Bertz CT molecular complexity index is 645. The Balaban J connectivity index is 2.58. The lowest BCUT2D eigenvalue weighted by Crippen LogP contribution is -2.03. The lowest BCUT2D eigenvalue weighted by molar-refractivity contribution is 0.0607. The van der Waals surface area contributed by atoms with Crippen LogP contribution in [0.15, 0.2) is 29.2 Å². The van der Waals surface area contributed by atoms with Gasteiger partial charge in [0, 0.05) is 9.77 Å². The van der Waals surface area contributed by atoms with Crippen LogP contribution in [0.3, 0.4) is 0 Å². The molecule has 0 saturated carbocycles. The second kappa shape index (κ2) is 6.54. The van der Waals surface area contributed by atoms with Crippen molar-refractivity contribution >= 4 is 34.8 Å². The van der Waals surface area contributed by atoms with E-state index in [9.17, 15) is 4.79 Å². The number of benzene rings is 1. The molecule has 3 nitrogen and oxygen atoms in total. The van der Waals surface area contributed by atoms with Gasteiger partial charge in [0.2, 0.25) is 0 Å². The van der Waals surface area contributed by atoms with E-state index >= 15 is 0 Å². The van der Waals surface area contributed by atoms with Crippen molar-refractivity contribution in [2.45, 2.75) is 24.7 Å². The minimum absolute atomic E-state index is 0.245. The number of esters is 1. The number of ether oxygens (including phenoxy) is 1. The number of nitrogens with two attached hydrogens (primary N) is 1. The Hall–Kier alpha value is -1.46. The smallest absolute Gasteiger partial charge is 0.350 e. The van der Waals surface area contributed by atoms with Crippen LogP contribution in [0, 0.1) is 0 Å². The minimum atomic E-state index is -0.369. The molecule has 0 fully saturated rings. The molecule has 0 bridgehead atoms. The molecule has 2 aromatic rings. The highest BCUT2D eigenvalue weighted by atomic mass is 32.2. The van der Waals surface area contributed by atoms with E-state index in [4.69, 9.17) is 10.5 Å². The fourth-order valence-electron chi connectivity index (χ4n) is 2.23. The fourth-order valence-corrected chi connectivity index (χ4v) is 3.94. The van der Waals surface area contributed by atoms with Crippen molar-refractivity contribution in [3.8, 4) is 10.4 Å². The summed E-state index contributed by atoms with van der Waals surface area (Å²) in [5.41, 5.74) is 8.84. The van der Waals surface area contributed by atoms with Crippen LogP contribution < -0.4 is 5.73 Å². The predicted molar refractivity (Wildman–Crippen MR) is 91.4 cm³/mol. The van der Waals surface area contributed by atoms with Crippen molar-refractivity contribution in [3.63, 3.8) is 0 Å². The Kier molecular flexibility index (Phi) is 4.96. The molecule has 0 atom stereocenters. The molecule has 1 aromatic heterocycles. The molecule has 1 heterocycles. The molecule has 1 aromatic carbocycles. The van der Waals surface area contributed by atoms with Crippen molar-refractivity contribution in [3.05, 3.63) is 34.7 Å². The molecule has 0 unspecified atom stereocenters. The number of anilines is 1. The molecule has 5 heteroatoms. The topological polar surface area (TPSA) is 52.3 Å². The summed E-state index contributed by atoms with van der Waals surface area (Å²) in [7, 11) is 1.38. The van der Waals surface area contributed by atoms with Gasteiger partial charge in [-0.2, -0.15) is 0 Å². The minimum Gasteiger partial charge on any atom is -0.465 e. The fraction of sp³-hybridized carbons (Fsp3) is 0.312. The van der Waals surface area contributed by atoms with E-state index in [-0.39, 0.29) is 11.9 Å². The van der Waals surface area contributed by atoms with E-state index in [2.05, 4.69) is 38.1 Å². The summed E-state index contributed by atoms with van der Waals surface area (Å²) < 4.78 is 4.83. The van der Waals surface area contributed by atoms with Gasteiger partial charge in [-0.05, 0) is 35.4 Å². The van der Waals surface area contributed by atoms with Gasteiger partial charge in [0.1, 0.15) is 4.88 Å². The summed E-state index contributed by atoms with van der Waals surface area (Å²) in [5, 5.41) is 0. The van der Waals surface area contributed by atoms with Crippen molar-refractivity contribution in [1.82, 2.24) is 0 Å². The number of methoxy groups -OCH3 is 1. The van der Waals surface area contributed by atoms with E-state index < -0.39 is 0 Å². The highest BCUT2D eigenvalue weighted by Gasteiger charge is 2.23. The summed E-state index contributed by atoms with van der Waals surface area (Å²) in [6.45, 7) is 4.17. The van der Waals surface area contributed by atoms with Crippen molar-refractivity contribution in [2.75, 3.05) is 19.1 Å². The Labute approximate surface area is 133 Å². The number of rotatable bonds is 4.